The third-order valence-corrected chi connectivity index (χ3v) is 3.16. The molecule has 2 aromatic rings. The van der Waals surface area contributed by atoms with Gasteiger partial charge in [0.2, 0.25) is 0 Å². The summed E-state index contributed by atoms with van der Waals surface area (Å²) in [6.07, 6.45) is 2.55. The van der Waals surface area contributed by atoms with E-state index in [0.717, 1.165) is 6.54 Å². The van der Waals surface area contributed by atoms with Crippen LogP contribution in [0.1, 0.15) is 25.3 Å². The molecule has 90 valence electrons. The second kappa shape index (κ2) is 5.83. The van der Waals surface area contributed by atoms with Crippen LogP contribution in [0.15, 0.2) is 42.5 Å². The molecule has 0 saturated carbocycles. The Morgan fingerprint density at radius 3 is 2.53 bits per heavy atom. The molecule has 2 rings (SSSR count). The maximum Gasteiger partial charge on any atom is 0.0230 e. The van der Waals surface area contributed by atoms with E-state index in [0.29, 0.717) is 0 Å². The average Bonchev–Trinajstić information content (AvgIpc) is 2.36. The molecule has 0 bridgehead atoms. The van der Waals surface area contributed by atoms with E-state index < -0.39 is 0 Å². The molecular weight excluding hydrogens is 206 g/mol. The third kappa shape index (κ3) is 3.31. The van der Waals surface area contributed by atoms with Crippen molar-refractivity contribution in [3.63, 3.8) is 0 Å². The van der Waals surface area contributed by atoms with Crippen LogP contribution < -0.4 is 0 Å². The number of hydrogen-bond acceptors (Lipinski definition) is 1. The van der Waals surface area contributed by atoms with E-state index in [4.69, 9.17) is 0 Å². The van der Waals surface area contributed by atoms with Gasteiger partial charge in [-0.15, -0.1) is 0 Å². The van der Waals surface area contributed by atoms with Crippen molar-refractivity contribution in [2.24, 2.45) is 0 Å². The summed E-state index contributed by atoms with van der Waals surface area (Å²) in [5.74, 6) is 0. The Morgan fingerprint density at radius 1 is 1.00 bits per heavy atom. The fourth-order valence-corrected chi connectivity index (χ4v) is 2.16. The van der Waals surface area contributed by atoms with Gasteiger partial charge in [0.25, 0.3) is 0 Å². The molecule has 17 heavy (non-hydrogen) atoms. The highest BCUT2D eigenvalue weighted by Gasteiger charge is 2.00. The van der Waals surface area contributed by atoms with Gasteiger partial charge in [-0.05, 0) is 42.4 Å². The van der Waals surface area contributed by atoms with Crippen molar-refractivity contribution >= 4 is 10.8 Å². The zero-order valence-electron chi connectivity index (χ0n) is 10.8. The average molecular weight is 227 g/mol. The highest BCUT2D eigenvalue weighted by molar-refractivity contribution is 5.82. The molecule has 2 aromatic carbocycles. The van der Waals surface area contributed by atoms with Crippen molar-refractivity contribution in [3.05, 3.63) is 48.0 Å². The first-order valence-electron chi connectivity index (χ1n) is 6.46. The molecule has 0 fully saturated rings. The smallest absolute Gasteiger partial charge is 0.0230 e. The lowest BCUT2D eigenvalue weighted by atomic mass is 10.1. The first kappa shape index (κ1) is 12.1. The first-order chi connectivity index (χ1) is 8.29. The maximum absolute atomic E-state index is 2.40. The van der Waals surface area contributed by atoms with Gasteiger partial charge in [-0.2, -0.15) is 0 Å². The van der Waals surface area contributed by atoms with Gasteiger partial charge in [0, 0.05) is 6.54 Å². The molecule has 1 nitrogen and oxygen atoms in total. The highest BCUT2D eigenvalue weighted by atomic mass is 15.1. The minimum atomic E-state index is 1.05. The van der Waals surface area contributed by atoms with E-state index in [1.54, 1.807) is 0 Å². The van der Waals surface area contributed by atoms with Gasteiger partial charge in [-0.1, -0.05) is 49.7 Å². The quantitative estimate of drug-likeness (QED) is 0.744. The van der Waals surface area contributed by atoms with Gasteiger partial charge in [0.05, 0.1) is 0 Å². The highest BCUT2D eigenvalue weighted by Crippen LogP contribution is 2.16. The SMILES string of the molecule is CCCCN(C)Cc1ccc2ccccc2c1. The topological polar surface area (TPSA) is 3.24 Å². The summed E-state index contributed by atoms with van der Waals surface area (Å²) in [6.45, 7) is 4.47. The lowest BCUT2D eigenvalue weighted by Crippen LogP contribution is -2.18. The van der Waals surface area contributed by atoms with E-state index in [-0.39, 0.29) is 0 Å². The second-order valence-electron chi connectivity index (χ2n) is 4.77. The summed E-state index contributed by atoms with van der Waals surface area (Å²) in [5.41, 5.74) is 1.40. The van der Waals surface area contributed by atoms with Crippen LogP contribution in [0.4, 0.5) is 0 Å². The first-order valence-corrected chi connectivity index (χ1v) is 6.46. The van der Waals surface area contributed by atoms with E-state index >= 15 is 0 Å². The van der Waals surface area contributed by atoms with Crippen molar-refractivity contribution in [2.45, 2.75) is 26.3 Å². The van der Waals surface area contributed by atoms with Gasteiger partial charge >= 0.3 is 0 Å². The summed E-state index contributed by atoms with van der Waals surface area (Å²) < 4.78 is 0. The maximum atomic E-state index is 2.40. The minimum Gasteiger partial charge on any atom is -0.302 e. The molecule has 1 heteroatoms. The fourth-order valence-electron chi connectivity index (χ4n) is 2.16. The van der Waals surface area contributed by atoms with Gasteiger partial charge in [-0.25, -0.2) is 0 Å². The van der Waals surface area contributed by atoms with Crippen LogP contribution >= 0.6 is 0 Å². The van der Waals surface area contributed by atoms with Gasteiger partial charge in [-0.3, -0.25) is 0 Å². The second-order valence-corrected chi connectivity index (χ2v) is 4.77. The van der Waals surface area contributed by atoms with Crippen molar-refractivity contribution in [3.8, 4) is 0 Å². The predicted octanol–water partition coefficient (Wildman–Crippen LogP) is 4.07. The molecule has 0 spiro atoms. The molecule has 0 N–H and O–H groups in total. The predicted molar refractivity (Wildman–Crippen MR) is 75.2 cm³/mol. The number of nitrogens with zero attached hydrogens (tertiary/aromatic N) is 1. The number of rotatable bonds is 5. The van der Waals surface area contributed by atoms with Crippen molar-refractivity contribution < 1.29 is 0 Å². The van der Waals surface area contributed by atoms with Crippen LogP contribution in [0, 0.1) is 0 Å². The Labute approximate surface area is 104 Å². The molecule has 0 heterocycles. The molecule has 0 aliphatic rings. The third-order valence-electron chi connectivity index (χ3n) is 3.16. The Bertz CT molecular complexity index is 476. The molecule has 0 aliphatic heterocycles. The van der Waals surface area contributed by atoms with Crippen LogP contribution in [0.2, 0.25) is 0 Å². The summed E-state index contributed by atoms with van der Waals surface area (Å²) in [4.78, 5) is 2.40. The van der Waals surface area contributed by atoms with Crippen LogP contribution in [-0.4, -0.2) is 18.5 Å². The Hall–Kier alpha value is -1.34. The fraction of sp³-hybridized carbons (Fsp3) is 0.375. The Kier molecular flexibility index (Phi) is 4.16. The molecule has 0 aliphatic carbocycles. The Balaban J connectivity index is 2.08. The molecular formula is C16H21N. The molecule has 0 radical (unpaired) electrons. The van der Waals surface area contributed by atoms with E-state index in [1.165, 1.54) is 35.7 Å². The van der Waals surface area contributed by atoms with Crippen LogP contribution in [0.3, 0.4) is 0 Å². The lowest BCUT2D eigenvalue weighted by Gasteiger charge is -2.16. The summed E-state index contributed by atoms with van der Waals surface area (Å²) in [7, 11) is 2.20. The van der Waals surface area contributed by atoms with E-state index in [1.807, 2.05) is 0 Å². The number of unbranched alkanes of at least 4 members (excludes halogenated alkanes) is 1. The molecule has 0 unspecified atom stereocenters. The molecule has 0 atom stereocenters. The van der Waals surface area contributed by atoms with Gasteiger partial charge in [0.15, 0.2) is 0 Å². The normalized spacial score (nSPS) is 11.2. The number of hydrogen-bond donors (Lipinski definition) is 0. The van der Waals surface area contributed by atoms with Crippen LogP contribution in [-0.2, 0) is 6.54 Å². The van der Waals surface area contributed by atoms with Gasteiger partial charge < -0.3 is 4.90 Å². The monoisotopic (exact) mass is 227 g/mol. The van der Waals surface area contributed by atoms with E-state index in [2.05, 4.69) is 61.3 Å². The number of benzene rings is 2. The summed E-state index contributed by atoms with van der Waals surface area (Å²) in [6, 6.07) is 15.3. The Morgan fingerprint density at radius 2 is 1.76 bits per heavy atom. The minimum absolute atomic E-state index is 1.05. The summed E-state index contributed by atoms with van der Waals surface area (Å²) in [5, 5.41) is 2.67. The molecule has 0 saturated heterocycles. The van der Waals surface area contributed by atoms with Crippen LogP contribution in [0.25, 0.3) is 10.8 Å². The number of fused-ring (bicyclic) bond motifs is 1. The molecule has 0 aromatic heterocycles. The van der Waals surface area contributed by atoms with E-state index in [9.17, 15) is 0 Å². The van der Waals surface area contributed by atoms with Crippen molar-refractivity contribution in [2.75, 3.05) is 13.6 Å². The largest absolute Gasteiger partial charge is 0.302 e. The van der Waals surface area contributed by atoms with Crippen molar-refractivity contribution in [1.82, 2.24) is 4.90 Å². The molecule has 0 amide bonds. The summed E-state index contributed by atoms with van der Waals surface area (Å²) >= 11 is 0. The zero-order valence-corrected chi connectivity index (χ0v) is 10.8. The van der Waals surface area contributed by atoms with Gasteiger partial charge in [0.1, 0.15) is 0 Å². The lowest BCUT2D eigenvalue weighted by molar-refractivity contribution is 0.321. The standard InChI is InChI=1S/C16H21N/c1-3-4-11-17(2)13-14-9-10-15-7-5-6-8-16(15)12-14/h5-10,12H,3-4,11,13H2,1-2H3. The van der Waals surface area contributed by atoms with Crippen LogP contribution in [0.5, 0.6) is 0 Å². The van der Waals surface area contributed by atoms with Crippen molar-refractivity contribution in [1.29, 1.82) is 0 Å². The zero-order chi connectivity index (χ0) is 12.1.